The number of thiophene rings is 1. The van der Waals surface area contributed by atoms with Crippen LogP contribution in [0.3, 0.4) is 0 Å². The van der Waals surface area contributed by atoms with Gasteiger partial charge >= 0.3 is 0 Å². The zero-order chi connectivity index (χ0) is 18.5. The van der Waals surface area contributed by atoms with Gasteiger partial charge in [-0.15, -0.1) is 11.3 Å². The van der Waals surface area contributed by atoms with Crippen LogP contribution >= 0.6 is 11.3 Å². The van der Waals surface area contributed by atoms with E-state index in [4.69, 9.17) is 0 Å². The number of imidazole rings is 1. The molecule has 0 saturated carbocycles. The van der Waals surface area contributed by atoms with Gasteiger partial charge in [-0.2, -0.15) is 0 Å². The number of hydrazine groups is 1. The summed E-state index contributed by atoms with van der Waals surface area (Å²) in [6.45, 7) is 0. The van der Waals surface area contributed by atoms with Gasteiger partial charge in [0.15, 0.2) is 5.78 Å². The van der Waals surface area contributed by atoms with Crippen LogP contribution < -0.4 is 10.9 Å². The monoisotopic (exact) mass is 370 g/mol. The SMILES string of the molecule is Cn1c(CC(=O)NNC(=O)CCC(=O)c2cccs2)nc2ccccc21. The Morgan fingerprint density at radius 3 is 2.54 bits per heavy atom. The fraction of sp³-hybridized carbons (Fsp3) is 0.222. The molecule has 0 spiro atoms. The van der Waals surface area contributed by atoms with E-state index in [-0.39, 0.29) is 31.0 Å². The van der Waals surface area contributed by atoms with Crippen molar-refractivity contribution in [2.24, 2.45) is 7.05 Å². The summed E-state index contributed by atoms with van der Waals surface area (Å²) in [7, 11) is 1.84. The van der Waals surface area contributed by atoms with Crippen LogP contribution in [0.4, 0.5) is 0 Å². The fourth-order valence-electron chi connectivity index (χ4n) is 2.53. The minimum Gasteiger partial charge on any atom is -0.331 e. The van der Waals surface area contributed by atoms with Gasteiger partial charge in [-0.1, -0.05) is 18.2 Å². The molecule has 3 rings (SSSR count). The Bertz CT molecular complexity index is 947. The van der Waals surface area contributed by atoms with Crippen LogP contribution in [0, 0.1) is 0 Å². The van der Waals surface area contributed by atoms with Gasteiger partial charge in [-0.05, 0) is 23.6 Å². The summed E-state index contributed by atoms with van der Waals surface area (Å²) in [5.41, 5.74) is 6.44. The maximum Gasteiger partial charge on any atom is 0.245 e. The number of nitrogens with zero attached hydrogens (tertiary/aromatic N) is 2. The van der Waals surface area contributed by atoms with Crippen LogP contribution in [0.1, 0.15) is 28.3 Å². The molecule has 134 valence electrons. The van der Waals surface area contributed by atoms with E-state index in [1.165, 1.54) is 11.3 Å². The molecule has 0 atom stereocenters. The number of aryl methyl sites for hydroxylation is 1. The summed E-state index contributed by atoms with van der Waals surface area (Å²) >= 11 is 1.34. The lowest BCUT2D eigenvalue weighted by molar-refractivity contribution is -0.128. The number of hydrogen-bond acceptors (Lipinski definition) is 5. The number of amides is 2. The third-order valence-electron chi connectivity index (χ3n) is 3.91. The predicted molar refractivity (Wildman–Crippen MR) is 98.6 cm³/mol. The summed E-state index contributed by atoms with van der Waals surface area (Å²) in [5.74, 6) is -0.262. The molecule has 3 aromatic rings. The molecule has 0 aliphatic carbocycles. The number of carbonyl (C=O) groups excluding carboxylic acids is 3. The highest BCUT2D eigenvalue weighted by Gasteiger charge is 2.13. The maximum atomic E-state index is 12.0. The Hall–Kier alpha value is -3.00. The molecule has 2 N–H and O–H groups in total. The van der Waals surface area contributed by atoms with Crippen LogP contribution in [0.15, 0.2) is 41.8 Å². The lowest BCUT2D eigenvalue weighted by atomic mass is 10.2. The van der Waals surface area contributed by atoms with Crippen LogP contribution in [0.25, 0.3) is 11.0 Å². The van der Waals surface area contributed by atoms with Crippen molar-refractivity contribution in [1.82, 2.24) is 20.4 Å². The molecule has 2 amide bonds. The van der Waals surface area contributed by atoms with Gasteiger partial charge < -0.3 is 4.57 Å². The first kappa shape index (κ1) is 17.8. The summed E-state index contributed by atoms with van der Waals surface area (Å²) in [4.78, 5) is 40.7. The summed E-state index contributed by atoms with van der Waals surface area (Å²) in [6, 6.07) is 11.1. The van der Waals surface area contributed by atoms with Gasteiger partial charge in [0.05, 0.1) is 22.3 Å². The Morgan fingerprint density at radius 2 is 1.81 bits per heavy atom. The molecular weight excluding hydrogens is 352 g/mol. The highest BCUT2D eigenvalue weighted by Crippen LogP contribution is 2.14. The van der Waals surface area contributed by atoms with Crippen molar-refractivity contribution < 1.29 is 14.4 Å². The van der Waals surface area contributed by atoms with E-state index in [1.807, 2.05) is 41.3 Å². The molecule has 7 nitrogen and oxygen atoms in total. The first-order valence-corrected chi connectivity index (χ1v) is 8.97. The Balaban J connectivity index is 1.46. The molecule has 0 radical (unpaired) electrons. The molecule has 26 heavy (non-hydrogen) atoms. The fourth-order valence-corrected chi connectivity index (χ4v) is 3.23. The quantitative estimate of drug-likeness (QED) is 0.513. The molecule has 1 aromatic carbocycles. The first-order valence-electron chi connectivity index (χ1n) is 8.09. The topological polar surface area (TPSA) is 93.1 Å². The predicted octanol–water partition coefficient (Wildman–Crippen LogP) is 1.99. The normalized spacial score (nSPS) is 10.7. The number of benzene rings is 1. The van der Waals surface area contributed by atoms with Crippen LogP contribution in [0.5, 0.6) is 0 Å². The van der Waals surface area contributed by atoms with Crippen molar-refractivity contribution in [1.29, 1.82) is 0 Å². The number of hydrogen-bond donors (Lipinski definition) is 2. The summed E-state index contributed by atoms with van der Waals surface area (Å²) in [5, 5.41) is 1.81. The number of fused-ring (bicyclic) bond motifs is 1. The average Bonchev–Trinajstić information content (AvgIpc) is 3.27. The highest BCUT2D eigenvalue weighted by molar-refractivity contribution is 7.12. The Kier molecular flexibility index (Phi) is 5.43. The van der Waals surface area contributed by atoms with Crippen molar-refractivity contribution in [2.75, 3.05) is 0 Å². The van der Waals surface area contributed by atoms with Crippen molar-refractivity contribution in [3.8, 4) is 0 Å². The lowest BCUT2D eigenvalue weighted by Crippen LogP contribution is -2.42. The number of rotatable bonds is 6. The van der Waals surface area contributed by atoms with E-state index in [2.05, 4.69) is 15.8 Å². The summed E-state index contributed by atoms with van der Waals surface area (Å²) in [6.07, 6.45) is 0.163. The highest BCUT2D eigenvalue weighted by atomic mass is 32.1. The maximum absolute atomic E-state index is 12.0. The second kappa shape index (κ2) is 7.92. The van der Waals surface area contributed by atoms with E-state index in [1.54, 1.807) is 12.1 Å². The lowest BCUT2D eigenvalue weighted by Gasteiger charge is -2.07. The van der Waals surface area contributed by atoms with Crippen molar-refractivity contribution in [3.05, 3.63) is 52.5 Å². The van der Waals surface area contributed by atoms with E-state index < -0.39 is 5.91 Å². The van der Waals surface area contributed by atoms with Crippen molar-refractivity contribution >= 4 is 40.0 Å². The van der Waals surface area contributed by atoms with Gasteiger partial charge in [0.1, 0.15) is 5.82 Å². The summed E-state index contributed by atoms with van der Waals surface area (Å²) < 4.78 is 1.84. The van der Waals surface area contributed by atoms with E-state index in [0.717, 1.165) is 11.0 Å². The molecule has 0 aliphatic rings. The number of Topliss-reactive ketones (excluding diaryl/α,β-unsaturated/α-hetero) is 1. The van der Waals surface area contributed by atoms with Crippen molar-refractivity contribution in [2.45, 2.75) is 19.3 Å². The van der Waals surface area contributed by atoms with Gasteiger partial charge in [-0.25, -0.2) is 4.98 Å². The second-order valence-electron chi connectivity index (χ2n) is 5.75. The van der Waals surface area contributed by atoms with E-state index in [0.29, 0.717) is 10.7 Å². The second-order valence-corrected chi connectivity index (χ2v) is 6.70. The standard InChI is InChI=1S/C18H18N4O3S/c1-22-13-6-3-2-5-12(13)19-16(22)11-18(25)21-20-17(24)9-8-14(23)15-7-4-10-26-15/h2-7,10H,8-9,11H2,1H3,(H,20,24)(H,21,25). The van der Waals surface area contributed by atoms with E-state index in [9.17, 15) is 14.4 Å². The third kappa shape index (κ3) is 4.15. The number of carbonyl (C=O) groups is 3. The van der Waals surface area contributed by atoms with E-state index >= 15 is 0 Å². The minimum atomic E-state index is -0.409. The molecule has 2 heterocycles. The molecular formula is C18H18N4O3S. The van der Waals surface area contributed by atoms with Crippen molar-refractivity contribution in [3.63, 3.8) is 0 Å². The molecule has 0 bridgehead atoms. The van der Waals surface area contributed by atoms with Gasteiger partial charge in [-0.3, -0.25) is 25.2 Å². The minimum absolute atomic E-state index is 0.0172. The number of para-hydroxylation sites is 2. The van der Waals surface area contributed by atoms with Crippen LogP contribution in [-0.2, 0) is 23.1 Å². The first-order chi connectivity index (χ1) is 12.5. The average molecular weight is 370 g/mol. The van der Waals surface area contributed by atoms with Crippen LogP contribution in [0.2, 0.25) is 0 Å². The number of nitrogens with one attached hydrogen (secondary N) is 2. The smallest absolute Gasteiger partial charge is 0.245 e. The largest absolute Gasteiger partial charge is 0.331 e. The van der Waals surface area contributed by atoms with Crippen LogP contribution in [-0.4, -0.2) is 27.1 Å². The zero-order valence-corrected chi connectivity index (χ0v) is 15.0. The molecule has 8 heteroatoms. The molecule has 0 aliphatic heterocycles. The Morgan fingerprint density at radius 1 is 1.04 bits per heavy atom. The Labute approximate surface area is 154 Å². The molecule has 0 saturated heterocycles. The number of aromatic nitrogens is 2. The molecule has 0 unspecified atom stereocenters. The molecule has 0 fully saturated rings. The van der Waals surface area contributed by atoms with Gasteiger partial charge in [0, 0.05) is 19.9 Å². The van der Waals surface area contributed by atoms with Gasteiger partial charge in [0.2, 0.25) is 11.8 Å². The third-order valence-corrected chi connectivity index (χ3v) is 4.83. The zero-order valence-electron chi connectivity index (χ0n) is 14.2. The van der Waals surface area contributed by atoms with Gasteiger partial charge in [0.25, 0.3) is 0 Å². The molecule has 2 aromatic heterocycles. The number of ketones is 1.